The molecule has 11 rings (SSSR count). The summed E-state index contributed by atoms with van der Waals surface area (Å²) in [6.45, 7) is 17.5. The van der Waals surface area contributed by atoms with Crippen molar-refractivity contribution < 1.29 is 29.1 Å². The molecule has 1 saturated carbocycles. The molecular weight excluding hydrogens is 1020 g/mol. The monoisotopic (exact) mass is 1100 g/mol. The molecule has 8 heterocycles. The highest BCUT2D eigenvalue weighted by molar-refractivity contribution is 7.13. The average molecular weight is 1100 g/mol. The second-order valence-electron chi connectivity index (χ2n) is 23.6. The lowest BCUT2D eigenvalue weighted by Crippen LogP contribution is -2.52. The Morgan fingerprint density at radius 3 is 2.37 bits per heavy atom. The van der Waals surface area contributed by atoms with Crippen LogP contribution in [0.25, 0.3) is 21.7 Å². The number of aliphatic hydroxyl groups is 1. The standard InChI is InChI=1S/C60H80N12O6S/c1-36(2)56(60(76)71-34-46(73)28-52(71)59(75)64-37(3)41-10-12-43(13-11-41)57-38(4)62-35-79-57)54-30-55(67-78-54)70-22-14-40(15-23-70)32-68-20-18-47(19-21-68)77-48-26-45(27-48)69-24-16-42(17-25-69)39(5)72-33-44(31-63-72)50-29-51(65-66-58(50)61)49-8-6-7-9-53(49)74/h6-13,29-31,33,35-37,39-40,42,45-48,52,56,65-66,73-74H,14-28,32,34,61H2,1-5H3,(H,64,75)/t37-,39?,45-,46+,48-,52-,56+/m0/s1. The van der Waals surface area contributed by atoms with Gasteiger partial charge in [0.2, 0.25) is 11.8 Å². The van der Waals surface area contributed by atoms with Crippen LogP contribution < -0.4 is 26.8 Å². The number of nitrogens with two attached hydrogens (primary N) is 1. The van der Waals surface area contributed by atoms with E-state index >= 15 is 0 Å². The molecule has 5 aliphatic heterocycles. The summed E-state index contributed by atoms with van der Waals surface area (Å²) in [7, 11) is 0. The van der Waals surface area contributed by atoms with Crippen molar-refractivity contribution in [1.29, 1.82) is 0 Å². The summed E-state index contributed by atoms with van der Waals surface area (Å²) in [6, 6.07) is 17.1. The summed E-state index contributed by atoms with van der Waals surface area (Å²) in [5, 5.41) is 33.6. The number of aromatic nitrogens is 4. The van der Waals surface area contributed by atoms with E-state index in [1.165, 1.54) is 0 Å². The summed E-state index contributed by atoms with van der Waals surface area (Å²) in [6.07, 6.45) is 14.9. The van der Waals surface area contributed by atoms with Crippen LogP contribution >= 0.6 is 11.3 Å². The van der Waals surface area contributed by atoms with Gasteiger partial charge in [0.25, 0.3) is 0 Å². The fourth-order valence-electron chi connectivity index (χ4n) is 13.1. The molecule has 79 heavy (non-hydrogen) atoms. The molecule has 5 atom stereocenters. The van der Waals surface area contributed by atoms with Crippen LogP contribution in [0.3, 0.4) is 0 Å². The number of aliphatic hydroxyl groups excluding tert-OH is 1. The van der Waals surface area contributed by atoms with Gasteiger partial charge in [0.15, 0.2) is 11.6 Å². The molecule has 18 nitrogen and oxygen atoms in total. The topological polar surface area (TPSA) is 216 Å². The number of para-hydroxylation sites is 1. The molecule has 5 aromatic rings. The second kappa shape index (κ2) is 23.8. The van der Waals surface area contributed by atoms with Gasteiger partial charge in [0, 0.05) is 80.7 Å². The number of aryl methyl sites for hydroxylation is 1. The van der Waals surface area contributed by atoms with Gasteiger partial charge in [-0.3, -0.25) is 25.1 Å². The zero-order chi connectivity index (χ0) is 54.9. The van der Waals surface area contributed by atoms with Gasteiger partial charge in [-0.2, -0.15) is 5.10 Å². The van der Waals surface area contributed by atoms with E-state index in [9.17, 15) is 19.8 Å². The molecule has 4 saturated heterocycles. The number of hydrazine groups is 1. The smallest absolute Gasteiger partial charge is 0.243 e. The zero-order valence-electron chi connectivity index (χ0n) is 46.5. The number of hydrogen-bond donors (Lipinski definition) is 6. The predicted molar refractivity (Wildman–Crippen MR) is 306 cm³/mol. The second-order valence-corrected chi connectivity index (χ2v) is 24.5. The molecule has 0 radical (unpaired) electrons. The fourth-order valence-corrected chi connectivity index (χ4v) is 13.9. The number of carbonyl (C=O) groups excluding carboxylic acids is 2. The summed E-state index contributed by atoms with van der Waals surface area (Å²) >= 11 is 1.60. The van der Waals surface area contributed by atoms with Crippen molar-refractivity contribution >= 4 is 40.2 Å². The van der Waals surface area contributed by atoms with Crippen molar-refractivity contribution in [3.63, 3.8) is 0 Å². The van der Waals surface area contributed by atoms with Crippen LogP contribution in [0.15, 0.2) is 88.9 Å². The van der Waals surface area contributed by atoms with Crippen LogP contribution in [0.4, 0.5) is 5.82 Å². The van der Waals surface area contributed by atoms with Gasteiger partial charge in [-0.25, -0.2) is 4.98 Å². The third kappa shape index (κ3) is 12.1. The van der Waals surface area contributed by atoms with Crippen LogP contribution in [0.5, 0.6) is 5.75 Å². The molecule has 2 aromatic carbocycles. The Labute approximate surface area is 468 Å². The number of anilines is 1. The number of nitrogens with zero attached hydrogens (tertiary/aromatic N) is 8. The van der Waals surface area contributed by atoms with Crippen molar-refractivity contribution in [2.24, 2.45) is 23.5 Å². The van der Waals surface area contributed by atoms with Crippen molar-refractivity contribution in [1.82, 2.24) is 50.8 Å². The molecule has 2 amide bonds. The summed E-state index contributed by atoms with van der Waals surface area (Å²) in [5.74, 6) is 1.84. The number of benzene rings is 2. The molecule has 422 valence electrons. The number of rotatable bonds is 17. The number of carbonyl (C=O) groups is 2. The van der Waals surface area contributed by atoms with Crippen molar-refractivity contribution in [3.8, 4) is 16.2 Å². The molecule has 0 bridgehead atoms. The number of hydrogen-bond acceptors (Lipinski definition) is 16. The number of β-amino-alcohol motifs (C(OH)–C–C–N with tert-alkyl or cyclic N) is 1. The Balaban J connectivity index is 0.584. The molecule has 1 aliphatic carbocycles. The number of phenols is 1. The Morgan fingerprint density at radius 2 is 1.66 bits per heavy atom. The first-order valence-electron chi connectivity index (χ1n) is 28.9. The van der Waals surface area contributed by atoms with Gasteiger partial charge in [0.05, 0.1) is 58.4 Å². The van der Waals surface area contributed by atoms with E-state index in [4.69, 9.17) is 20.1 Å². The minimum absolute atomic E-state index is 0.0914. The normalized spacial score (nSPS) is 24.2. The van der Waals surface area contributed by atoms with Crippen LogP contribution in [-0.4, -0.2) is 139 Å². The van der Waals surface area contributed by atoms with Gasteiger partial charge in [0.1, 0.15) is 23.5 Å². The third-order valence-electron chi connectivity index (χ3n) is 18.0. The maximum atomic E-state index is 14.4. The molecule has 0 spiro atoms. The summed E-state index contributed by atoms with van der Waals surface area (Å²) in [5.41, 5.74) is 20.6. The number of phenolic OH excluding ortho intramolecular Hbond substituents is 1. The van der Waals surface area contributed by atoms with Crippen LogP contribution in [0.2, 0.25) is 0 Å². The maximum absolute atomic E-state index is 14.4. The Morgan fingerprint density at radius 1 is 0.911 bits per heavy atom. The molecule has 1 unspecified atom stereocenters. The van der Waals surface area contributed by atoms with Gasteiger partial charge < -0.3 is 50.1 Å². The summed E-state index contributed by atoms with van der Waals surface area (Å²) in [4.78, 5) is 42.9. The van der Waals surface area contributed by atoms with Gasteiger partial charge in [-0.1, -0.05) is 55.4 Å². The van der Waals surface area contributed by atoms with E-state index in [-0.39, 0.29) is 48.5 Å². The fraction of sp³-hybridized carbons (Fsp3) is 0.550. The third-order valence-corrected chi connectivity index (χ3v) is 19.0. The number of nitrogens with one attached hydrogen (secondary N) is 3. The lowest BCUT2D eigenvalue weighted by molar-refractivity contribution is -0.141. The van der Waals surface area contributed by atoms with Gasteiger partial charge in [-0.15, -0.1) is 11.3 Å². The maximum Gasteiger partial charge on any atom is 0.243 e. The van der Waals surface area contributed by atoms with Crippen LogP contribution in [0.1, 0.15) is 132 Å². The minimum Gasteiger partial charge on any atom is -0.507 e. The highest BCUT2D eigenvalue weighted by Gasteiger charge is 2.44. The van der Waals surface area contributed by atoms with Crippen LogP contribution in [0, 0.1) is 24.7 Å². The molecule has 6 aliphatic rings. The minimum atomic E-state index is -0.796. The first-order valence-corrected chi connectivity index (χ1v) is 29.8. The molecular formula is C60H80N12O6S. The Kier molecular flexibility index (Phi) is 16.5. The number of likely N-dealkylation sites (tertiary alicyclic amines) is 3. The first-order chi connectivity index (χ1) is 38.2. The summed E-state index contributed by atoms with van der Waals surface area (Å²) < 4.78 is 14.8. The molecule has 7 N–H and O–H groups in total. The van der Waals surface area contributed by atoms with E-state index in [1.54, 1.807) is 28.4 Å². The van der Waals surface area contributed by atoms with E-state index in [1.807, 2.05) is 87.9 Å². The highest BCUT2D eigenvalue weighted by atomic mass is 32.1. The van der Waals surface area contributed by atoms with Crippen molar-refractivity contribution in [3.05, 3.63) is 113 Å². The van der Waals surface area contributed by atoms with Crippen molar-refractivity contribution in [2.75, 3.05) is 57.3 Å². The van der Waals surface area contributed by atoms with Gasteiger partial charge in [-0.05, 0) is 132 Å². The molecule has 5 fully saturated rings. The van der Waals surface area contributed by atoms with E-state index in [2.05, 4.69) is 58.8 Å². The highest BCUT2D eigenvalue weighted by Crippen LogP contribution is 2.39. The molecule has 3 aromatic heterocycles. The average Bonchev–Trinajstić information content (AvgIpc) is 4.35. The SMILES string of the molecule is Cc1ncsc1-c1ccc([C@H](C)NC(=O)[C@@H]2C[C@@H](O)CN2C(=O)[C@@H](c2cc(N3CCC(CN4CCC(O[C@H]5C[C@H](N6CCC(C(C)n7cc(C8=C(N)NNC(c9ccccc9O)=C8)cn7)CC6)C5)CC4)CC3)no2)C(C)C)cc1. The van der Waals surface area contributed by atoms with Crippen LogP contribution in [-0.2, 0) is 14.3 Å². The molecule has 19 heteroatoms. The van der Waals surface area contributed by atoms with Gasteiger partial charge >= 0.3 is 0 Å². The zero-order valence-corrected chi connectivity index (χ0v) is 47.3. The number of piperidine rings is 3. The van der Waals surface area contributed by atoms with E-state index in [0.29, 0.717) is 47.2 Å². The lowest BCUT2D eigenvalue weighted by Gasteiger charge is -2.47. The number of thiazole rings is 1. The van der Waals surface area contributed by atoms with Crippen molar-refractivity contribution in [2.45, 2.75) is 141 Å². The Bertz CT molecular complexity index is 2960. The number of allylic oxidation sites excluding steroid dienone is 2. The Hall–Kier alpha value is -6.25. The lowest BCUT2D eigenvalue weighted by atomic mass is 9.83. The number of aromatic hydroxyl groups is 1. The predicted octanol–water partition coefficient (Wildman–Crippen LogP) is 7.57. The number of amides is 2. The van der Waals surface area contributed by atoms with E-state index in [0.717, 1.165) is 142 Å². The number of ether oxygens (including phenoxy) is 1. The quantitative estimate of drug-likeness (QED) is 0.0530. The largest absolute Gasteiger partial charge is 0.507 e. The van der Waals surface area contributed by atoms with E-state index < -0.39 is 18.1 Å². The first kappa shape index (κ1) is 54.7.